The van der Waals surface area contributed by atoms with Crippen LogP contribution in [-0.4, -0.2) is 30.5 Å². The van der Waals surface area contributed by atoms with Crippen LogP contribution >= 0.6 is 0 Å². The van der Waals surface area contributed by atoms with Gasteiger partial charge in [0.1, 0.15) is 6.61 Å². The summed E-state index contributed by atoms with van der Waals surface area (Å²) < 4.78 is 5.16. The largest absolute Gasteiger partial charge is 0.372 e. The number of nitrogens with two attached hydrogens (primary N) is 1. The number of Topliss-reactive ketones (excluding diaryl/α,β-unsaturated/α-hetero) is 1. The lowest BCUT2D eigenvalue weighted by Crippen LogP contribution is -2.14. The summed E-state index contributed by atoms with van der Waals surface area (Å²) in [6.07, 6.45) is 3.42. The molecule has 2 aromatic rings. The Kier molecular flexibility index (Phi) is 3.80. The van der Waals surface area contributed by atoms with Crippen molar-refractivity contribution in [2.45, 2.75) is 0 Å². The van der Waals surface area contributed by atoms with Gasteiger partial charge in [-0.25, -0.2) is 0 Å². The highest BCUT2D eigenvalue weighted by Gasteiger charge is 2.09. The molecule has 2 N–H and O–H groups in total. The van der Waals surface area contributed by atoms with Gasteiger partial charge in [-0.05, 0) is 11.5 Å². The first-order chi connectivity index (χ1) is 8.33. The molecule has 0 aliphatic carbocycles. The lowest BCUT2D eigenvalue weighted by molar-refractivity contribution is 0.0776. The third-order valence-corrected chi connectivity index (χ3v) is 2.48. The number of carbonyl (C=O) groups excluding carboxylic acids is 1. The van der Waals surface area contributed by atoms with Gasteiger partial charge < -0.3 is 10.5 Å². The highest BCUT2D eigenvalue weighted by molar-refractivity contribution is 6.08. The molecule has 1 heterocycles. The van der Waals surface area contributed by atoms with Crippen LogP contribution in [0.4, 0.5) is 0 Å². The maximum atomic E-state index is 11.9. The summed E-state index contributed by atoms with van der Waals surface area (Å²) in [4.78, 5) is 16.0. The molecule has 1 aromatic carbocycles. The summed E-state index contributed by atoms with van der Waals surface area (Å²) in [5, 5.41) is 1.86. The molecule has 88 valence electrons. The van der Waals surface area contributed by atoms with E-state index >= 15 is 0 Å². The summed E-state index contributed by atoms with van der Waals surface area (Å²) in [6, 6.07) is 7.42. The molecule has 17 heavy (non-hydrogen) atoms. The van der Waals surface area contributed by atoms with Gasteiger partial charge in [0.05, 0.1) is 6.61 Å². The standard InChI is InChI=1S/C13H14N2O2/c14-5-7-17-9-13(16)12-3-1-2-10-8-15-6-4-11(10)12/h1-4,6,8H,5,7,9,14H2. The molecule has 0 unspecified atom stereocenters. The first kappa shape index (κ1) is 11.7. The summed E-state index contributed by atoms with van der Waals surface area (Å²) in [5.74, 6) is -0.0322. The predicted octanol–water partition coefficient (Wildman–Crippen LogP) is 1.39. The van der Waals surface area contributed by atoms with Crippen molar-refractivity contribution in [3.63, 3.8) is 0 Å². The van der Waals surface area contributed by atoms with E-state index in [1.807, 2.05) is 18.2 Å². The zero-order chi connectivity index (χ0) is 12.1. The molecule has 0 fully saturated rings. The normalized spacial score (nSPS) is 10.6. The Hall–Kier alpha value is -1.78. The van der Waals surface area contributed by atoms with Crippen LogP contribution in [0, 0.1) is 0 Å². The van der Waals surface area contributed by atoms with Gasteiger partial charge in [0.25, 0.3) is 0 Å². The molecule has 0 amide bonds. The summed E-state index contributed by atoms with van der Waals surface area (Å²) in [7, 11) is 0. The number of fused-ring (bicyclic) bond motifs is 1. The number of benzene rings is 1. The van der Waals surface area contributed by atoms with Gasteiger partial charge in [-0.1, -0.05) is 18.2 Å². The fourth-order valence-electron chi connectivity index (χ4n) is 1.69. The Balaban J connectivity index is 2.26. The fraction of sp³-hybridized carbons (Fsp3) is 0.231. The summed E-state index contributed by atoms with van der Waals surface area (Å²) >= 11 is 0. The smallest absolute Gasteiger partial charge is 0.189 e. The van der Waals surface area contributed by atoms with Crippen LogP contribution < -0.4 is 5.73 Å². The third kappa shape index (κ3) is 2.67. The van der Waals surface area contributed by atoms with E-state index in [0.29, 0.717) is 18.7 Å². The molecule has 0 aliphatic heterocycles. The number of pyridine rings is 1. The van der Waals surface area contributed by atoms with Gasteiger partial charge in [0.2, 0.25) is 0 Å². The molecule has 4 heteroatoms. The molecule has 0 atom stereocenters. The topological polar surface area (TPSA) is 65.2 Å². The second-order valence-corrected chi connectivity index (χ2v) is 3.67. The summed E-state index contributed by atoms with van der Waals surface area (Å²) in [6.45, 7) is 0.892. The third-order valence-electron chi connectivity index (χ3n) is 2.48. The number of ether oxygens (including phenoxy) is 1. The van der Waals surface area contributed by atoms with E-state index < -0.39 is 0 Å². The molecule has 0 saturated carbocycles. The Morgan fingerprint density at radius 1 is 1.35 bits per heavy atom. The molecule has 0 spiro atoms. The summed E-state index contributed by atoms with van der Waals surface area (Å²) in [5.41, 5.74) is 5.97. The highest BCUT2D eigenvalue weighted by Crippen LogP contribution is 2.17. The van der Waals surface area contributed by atoms with Crippen LogP contribution in [-0.2, 0) is 4.74 Å². The Bertz CT molecular complexity index is 520. The van der Waals surface area contributed by atoms with Crippen molar-refractivity contribution in [1.82, 2.24) is 4.98 Å². The van der Waals surface area contributed by atoms with Crippen molar-refractivity contribution in [3.05, 3.63) is 42.2 Å². The van der Waals surface area contributed by atoms with Gasteiger partial charge in [0, 0.05) is 29.9 Å². The second-order valence-electron chi connectivity index (χ2n) is 3.67. The number of aromatic nitrogens is 1. The lowest BCUT2D eigenvalue weighted by Gasteiger charge is -2.05. The van der Waals surface area contributed by atoms with E-state index in [1.165, 1.54) is 0 Å². The Labute approximate surface area is 99.4 Å². The zero-order valence-electron chi connectivity index (χ0n) is 9.43. The maximum Gasteiger partial charge on any atom is 0.189 e. The SMILES string of the molecule is NCCOCC(=O)c1cccc2cnccc12. The lowest BCUT2D eigenvalue weighted by atomic mass is 10.0. The number of hydrogen-bond acceptors (Lipinski definition) is 4. The maximum absolute atomic E-state index is 11.9. The molecule has 1 aromatic heterocycles. The first-order valence-electron chi connectivity index (χ1n) is 5.46. The van der Waals surface area contributed by atoms with E-state index in [1.54, 1.807) is 18.5 Å². The average molecular weight is 230 g/mol. The van der Waals surface area contributed by atoms with E-state index in [2.05, 4.69) is 4.98 Å². The first-order valence-corrected chi connectivity index (χ1v) is 5.46. The van der Waals surface area contributed by atoms with Crippen molar-refractivity contribution in [2.75, 3.05) is 19.8 Å². The molecular formula is C13H14N2O2. The van der Waals surface area contributed by atoms with Crippen molar-refractivity contribution in [1.29, 1.82) is 0 Å². The monoisotopic (exact) mass is 230 g/mol. The fourth-order valence-corrected chi connectivity index (χ4v) is 1.69. The number of ketones is 1. The molecule has 0 radical (unpaired) electrons. The average Bonchev–Trinajstić information content (AvgIpc) is 2.38. The van der Waals surface area contributed by atoms with Crippen molar-refractivity contribution >= 4 is 16.6 Å². The molecule has 0 bridgehead atoms. The molecule has 2 rings (SSSR count). The van der Waals surface area contributed by atoms with Gasteiger partial charge in [-0.3, -0.25) is 9.78 Å². The van der Waals surface area contributed by atoms with Crippen LogP contribution in [0.5, 0.6) is 0 Å². The van der Waals surface area contributed by atoms with Crippen LogP contribution in [0.3, 0.4) is 0 Å². The minimum Gasteiger partial charge on any atom is -0.372 e. The van der Waals surface area contributed by atoms with Crippen LogP contribution in [0.1, 0.15) is 10.4 Å². The molecule has 0 saturated heterocycles. The number of carbonyl (C=O) groups is 1. The van der Waals surface area contributed by atoms with Gasteiger partial charge >= 0.3 is 0 Å². The van der Waals surface area contributed by atoms with E-state index in [4.69, 9.17) is 10.5 Å². The minimum absolute atomic E-state index is 0.0322. The van der Waals surface area contributed by atoms with Crippen molar-refractivity contribution < 1.29 is 9.53 Å². The van der Waals surface area contributed by atoms with Crippen molar-refractivity contribution in [2.24, 2.45) is 5.73 Å². The zero-order valence-corrected chi connectivity index (χ0v) is 9.43. The molecule has 0 aliphatic rings. The Morgan fingerprint density at radius 2 is 2.24 bits per heavy atom. The molecule has 4 nitrogen and oxygen atoms in total. The highest BCUT2D eigenvalue weighted by atomic mass is 16.5. The Morgan fingerprint density at radius 3 is 3.06 bits per heavy atom. The van der Waals surface area contributed by atoms with Gasteiger partial charge in [-0.15, -0.1) is 0 Å². The second kappa shape index (κ2) is 5.52. The van der Waals surface area contributed by atoms with Gasteiger partial charge in [-0.2, -0.15) is 0 Å². The van der Waals surface area contributed by atoms with E-state index in [-0.39, 0.29) is 12.4 Å². The molecular weight excluding hydrogens is 216 g/mol. The van der Waals surface area contributed by atoms with E-state index in [0.717, 1.165) is 10.8 Å². The van der Waals surface area contributed by atoms with E-state index in [9.17, 15) is 4.79 Å². The predicted molar refractivity (Wildman–Crippen MR) is 65.9 cm³/mol. The minimum atomic E-state index is -0.0322. The quantitative estimate of drug-likeness (QED) is 0.622. The number of rotatable bonds is 5. The van der Waals surface area contributed by atoms with Crippen LogP contribution in [0.15, 0.2) is 36.7 Å². The van der Waals surface area contributed by atoms with Crippen molar-refractivity contribution in [3.8, 4) is 0 Å². The van der Waals surface area contributed by atoms with Gasteiger partial charge in [0.15, 0.2) is 5.78 Å². The number of nitrogens with zero attached hydrogens (tertiary/aromatic N) is 1. The number of hydrogen-bond donors (Lipinski definition) is 1. The van der Waals surface area contributed by atoms with Crippen LogP contribution in [0.2, 0.25) is 0 Å². The van der Waals surface area contributed by atoms with Crippen LogP contribution in [0.25, 0.3) is 10.8 Å².